The molecule has 0 aliphatic heterocycles. The summed E-state index contributed by atoms with van der Waals surface area (Å²) in [7, 11) is 0. The molecule has 2 atom stereocenters. The molecule has 0 aromatic carbocycles. The molecule has 90 valence electrons. The summed E-state index contributed by atoms with van der Waals surface area (Å²) in [4.78, 5) is 11.4. The molecule has 1 rings (SSSR count). The number of allylic oxidation sites excluding steroid dienone is 2. The number of hydrogen-bond donors (Lipinski definition) is 1. The molecule has 1 aliphatic carbocycles. The van der Waals surface area contributed by atoms with E-state index in [1.807, 2.05) is 0 Å². The number of hydrogen-bond acceptors (Lipinski definition) is 4. The molecule has 0 aromatic rings. The van der Waals surface area contributed by atoms with Crippen LogP contribution < -0.4 is 0 Å². The second-order valence-corrected chi connectivity index (χ2v) is 6.01. The summed E-state index contributed by atoms with van der Waals surface area (Å²) in [6, 6.07) is 0. The van der Waals surface area contributed by atoms with Crippen molar-refractivity contribution >= 4 is 64.8 Å². The Balaban J connectivity index is 3.03. The molecule has 1 aliphatic rings. The molecular weight excluding hydrogens is 434 g/mol. The van der Waals surface area contributed by atoms with Crippen LogP contribution >= 0.6 is 47.8 Å². The van der Waals surface area contributed by atoms with Crippen molar-refractivity contribution in [3.63, 3.8) is 0 Å². The molecule has 0 saturated heterocycles. The molecule has 0 saturated carbocycles. The van der Waals surface area contributed by atoms with E-state index in [0.29, 0.717) is 0 Å². The van der Waals surface area contributed by atoms with Crippen molar-refractivity contribution < 1.29 is 18.7 Å². The van der Waals surface area contributed by atoms with E-state index in [4.69, 9.17) is 0 Å². The van der Waals surface area contributed by atoms with E-state index in [9.17, 15) is 18.7 Å². The highest BCUT2D eigenvalue weighted by molar-refractivity contribution is 9.14. The van der Waals surface area contributed by atoms with Gasteiger partial charge in [0.15, 0.2) is 0 Å². The molecular formula is C7H4Br3NO4S-2. The maximum Gasteiger partial charge on any atom is 0.207 e. The molecule has 0 heterocycles. The van der Waals surface area contributed by atoms with Gasteiger partial charge in [-0.15, -0.1) is 6.54 Å². The third-order valence-electron chi connectivity index (χ3n) is 1.77. The second-order valence-electron chi connectivity index (χ2n) is 2.88. The number of halogens is 3. The fourth-order valence-corrected chi connectivity index (χ4v) is 3.12. The standard InChI is InChI=1S/C7H5Br3NO4S/c8-3-1-7(13,2-11-16(14)15)6(10)4(9)5(3)12/h1,13H,2H2,(H,14,15)/q-1/p-1. The zero-order chi connectivity index (χ0) is 12.5. The van der Waals surface area contributed by atoms with Crippen LogP contribution in [0.25, 0.3) is 4.72 Å². The molecule has 9 heteroatoms. The van der Waals surface area contributed by atoms with Gasteiger partial charge in [0.2, 0.25) is 5.78 Å². The quantitative estimate of drug-likeness (QED) is 0.681. The molecule has 0 bridgehead atoms. The summed E-state index contributed by atoms with van der Waals surface area (Å²) < 4.78 is 24.2. The van der Waals surface area contributed by atoms with E-state index in [1.54, 1.807) is 0 Å². The maximum atomic E-state index is 11.4. The van der Waals surface area contributed by atoms with Crippen molar-refractivity contribution in [2.75, 3.05) is 6.54 Å². The Morgan fingerprint density at radius 1 is 1.50 bits per heavy atom. The molecule has 2 unspecified atom stereocenters. The Morgan fingerprint density at radius 3 is 2.56 bits per heavy atom. The van der Waals surface area contributed by atoms with Gasteiger partial charge in [-0.25, -0.2) is 0 Å². The SMILES string of the molecule is O=C1C(Br)=CC(O)(C[N-]S(=O)[O-])C(Br)=C1Br. The zero-order valence-electron chi connectivity index (χ0n) is 7.45. The van der Waals surface area contributed by atoms with Crippen molar-refractivity contribution in [1.82, 2.24) is 0 Å². The van der Waals surface area contributed by atoms with Crippen molar-refractivity contribution in [2.24, 2.45) is 0 Å². The van der Waals surface area contributed by atoms with Crippen molar-refractivity contribution in [3.8, 4) is 0 Å². The Hall–Kier alpha value is 0.620. The molecule has 1 N–H and O–H groups in total. The number of aliphatic hydroxyl groups is 1. The first-order valence-corrected chi connectivity index (χ1v) is 7.17. The first kappa shape index (κ1) is 14.7. The Labute approximate surface area is 119 Å². The molecule has 0 amide bonds. The minimum atomic E-state index is -2.61. The van der Waals surface area contributed by atoms with Crippen molar-refractivity contribution in [1.29, 1.82) is 0 Å². The van der Waals surface area contributed by atoms with E-state index in [-0.39, 0.29) is 19.2 Å². The average molecular weight is 438 g/mol. The van der Waals surface area contributed by atoms with Crippen LogP contribution in [0, 0.1) is 0 Å². The van der Waals surface area contributed by atoms with Gasteiger partial charge < -0.3 is 14.4 Å². The van der Waals surface area contributed by atoms with Crippen molar-refractivity contribution in [3.05, 3.63) is 24.2 Å². The van der Waals surface area contributed by atoms with Gasteiger partial charge >= 0.3 is 0 Å². The van der Waals surface area contributed by atoms with Crippen molar-refractivity contribution in [2.45, 2.75) is 5.60 Å². The lowest BCUT2D eigenvalue weighted by Gasteiger charge is -2.36. The van der Waals surface area contributed by atoms with E-state index < -0.39 is 23.4 Å². The zero-order valence-corrected chi connectivity index (χ0v) is 13.0. The van der Waals surface area contributed by atoms with E-state index >= 15 is 0 Å². The van der Waals surface area contributed by atoms with Crippen LogP contribution in [0.4, 0.5) is 0 Å². The van der Waals surface area contributed by atoms with Crippen LogP contribution in [0.5, 0.6) is 0 Å². The van der Waals surface area contributed by atoms with Gasteiger partial charge in [0.05, 0.1) is 14.6 Å². The lowest BCUT2D eigenvalue weighted by molar-refractivity contribution is -0.111. The number of Topliss-reactive ketones (excluding diaryl/α,β-unsaturated/α-hetero) is 1. The first-order chi connectivity index (χ1) is 7.28. The monoisotopic (exact) mass is 435 g/mol. The molecule has 16 heavy (non-hydrogen) atoms. The van der Waals surface area contributed by atoms with Gasteiger partial charge in [0.25, 0.3) is 0 Å². The molecule has 0 spiro atoms. The van der Waals surface area contributed by atoms with Crippen LogP contribution in [0.2, 0.25) is 0 Å². The lowest BCUT2D eigenvalue weighted by atomic mass is 9.98. The predicted octanol–water partition coefficient (Wildman–Crippen LogP) is 1.75. The number of carbonyl (C=O) groups excluding carboxylic acids is 1. The summed E-state index contributed by atoms with van der Waals surface area (Å²) in [5.74, 6) is -0.347. The summed E-state index contributed by atoms with van der Waals surface area (Å²) in [5, 5.41) is 10.1. The normalized spacial score (nSPS) is 28.1. The van der Waals surface area contributed by atoms with E-state index in [2.05, 4.69) is 52.5 Å². The van der Waals surface area contributed by atoms with Crippen LogP contribution in [-0.4, -0.2) is 31.8 Å². The lowest BCUT2D eigenvalue weighted by Crippen LogP contribution is -2.35. The minimum Gasteiger partial charge on any atom is -0.789 e. The summed E-state index contributed by atoms with van der Waals surface area (Å²) in [5.41, 5.74) is -1.65. The van der Waals surface area contributed by atoms with Gasteiger partial charge in [-0.2, -0.15) is 11.3 Å². The molecule has 0 fully saturated rings. The minimum absolute atomic E-state index is 0.122. The first-order valence-electron chi connectivity index (χ1n) is 3.76. The van der Waals surface area contributed by atoms with Crippen LogP contribution in [0.3, 0.4) is 0 Å². The smallest absolute Gasteiger partial charge is 0.207 e. The summed E-state index contributed by atoms with van der Waals surface area (Å²) in [6.07, 6.45) is 1.19. The topological polar surface area (TPSA) is 91.5 Å². The van der Waals surface area contributed by atoms with Crippen LogP contribution in [0.1, 0.15) is 0 Å². The molecule has 5 nitrogen and oxygen atoms in total. The Kier molecular flexibility index (Phi) is 5.05. The van der Waals surface area contributed by atoms with Gasteiger partial charge in [-0.3, -0.25) is 9.00 Å². The predicted molar refractivity (Wildman–Crippen MR) is 69.0 cm³/mol. The highest BCUT2D eigenvalue weighted by atomic mass is 79.9. The van der Waals surface area contributed by atoms with Gasteiger partial charge in [0.1, 0.15) is 0 Å². The summed E-state index contributed by atoms with van der Waals surface area (Å²) >= 11 is 6.39. The van der Waals surface area contributed by atoms with Gasteiger partial charge in [-0.05, 0) is 37.9 Å². The average Bonchev–Trinajstić information content (AvgIpc) is 2.21. The fraction of sp³-hybridized carbons (Fsp3) is 0.286. The van der Waals surface area contributed by atoms with Gasteiger partial charge in [-0.1, -0.05) is 15.9 Å². The number of carbonyl (C=O) groups is 1. The maximum absolute atomic E-state index is 11.4. The fourth-order valence-electron chi connectivity index (χ4n) is 0.999. The Morgan fingerprint density at radius 2 is 2.06 bits per heavy atom. The molecule has 0 radical (unpaired) electrons. The van der Waals surface area contributed by atoms with Gasteiger partial charge in [0, 0.05) is 4.48 Å². The number of rotatable bonds is 3. The third-order valence-corrected chi connectivity index (χ3v) is 5.07. The van der Waals surface area contributed by atoms with E-state index in [1.165, 1.54) is 6.08 Å². The number of nitrogens with zero attached hydrogens (tertiary/aromatic N) is 1. The largest absolute Gasteiger partial charge is 0.789 e. The highest BCUT2D eigenvalue weighted by Crippen LogP contribution is 2.39. The second kappa shape index (κ2) is 5.51. The summed E-state index contributed by atoms with van der Waals surface area (Å²) in [6.45, 7) is -0.402. The Bertz CT molecular complexity index is 422. The third kappa shape index (κ3) is 3.09. The van der Waals surface area contributed by atoms with E-state index in [0.717, 1.165) is 0 Å². The van der Waals surface area contributed by atoms with Crippen LogP contribution in [0.15, 0.2) is 19.5 Å². The molecule has 0 aromatic heterocycles. The number of ketones is 1. The van der Waals surface area contributed by atoms with Crippen LogP contribution in [-0.2, 0) is 16.1 Å². The highest BCUT2D eigenvalue weighted by Gasteiger charge is 2.34.